The number of amides is 2. The van der Waals surface area contributed by atoms with Crippen LogP contribution >= 0.6 is 11.6 Å². The number of benzene rings is 1. The summed E-state index contributed by atoms with van der Waals surface area (Å²) < 4.78 is 0. The molecule has 8 heteroatoms. The Morgan fingerprint density at radius 1 is 1.03 bits per heavy atom. The zero-order chi connectivity index (χ0) is 21.2. The molecule has 152 valence electrons. The van der Waals surface area contributed by atoms with Crippen LogP contribution in [0.4, 0.5) is 0 Å². The number of hydrogen-bond donors (Lipinski definition) is 3. The lowest BCUT2D eigenvalue weighted by Gasteiger charge is -2.29. The molecule has 1 aromatic heterocycles. The summed E-state index contributed by atoms with van der Waals surface area (Å²) in [5.41, 5.74) is 0.423. The van der Waals surface area contributed by atoms with Crippen molar-refractivity contribution in [2.45, 2.75) is 26.7 Å². The number of carbonyl (C=O) groups is 3. The first-order valence-electron chi connectivity index (χ1n) is 9.28. The summed E-state index contributed by atoms with van der Waals surface area (Å²) in [4.78, 5) is 51.8. The van der Waals surface area contributed by atoms with Crippen molar-refractivity contribution in [2.24, 2.45) is 5.41 Å². The fourth-order valence-electron chi connectivity index (χ4n) is 3.38. The number of hydrogen-bond acceptors (Lipinski definition) is 4. The van der Waals surface area contributed by atoms with Gasteiger partial charge in [0, 0.05) is 30.8 Å². The molecule has 0 aliphatic heterocycles. The first-order valence-corrected chi connectivity index (χ1v) is 9.66. The molecule has 2 amide bonds. The van der Waals surface area contributed by atoms with Crippen molar-refractivity contribution in [3.05, 3.63) is 68.1 Å². The SMILES string of the molecule is CC1(C)CC(=O)c2cc(C(=O)NCCNC(=O)c3ccccc3Cl)c(=O)[nH]c2C1. The molecule has 0 saturated heterocycles. The summed E-state index contributed by atoms with van der Waals surface area (Å²) >= 11 is 5.97. The largest absolute Gasteiger partial charge is 0.350 e. The Kier molecular flexibility index (Phi) is 5.88. The molecular weight excluding hydrogens is 394 g/mol. The van der Waals surface area contributed by atoms with Gasteiger partial charge in [-0.15, -0.1) is 0 Å². The summed E-state index contributed by atoms with van der Waals surface area (Å²) in [6, 6.07) is 8.00. The second-order valence-corrected chi connectivity index (χ2v) is 8.24. The predicted molar refractivity (Wildman–Crippen MR) is 110 cm³/mol. The van der Waals surface area contributed by atoms with Crippen LogP contribution in [-0.2, 0) is 6.42 Å². The zero-order valence-electron chi connectivity index (χ0n) is 16.2. The van der Waals surface area contributed by atoms with Gasteiger partial charge in [-0.3, -0.25) is 19.2 Å². The second kappa shape index (κ2) is 8.21. The molecule has 3 rings (SSSR count). The molecule has 0 spiro atoms. The molecule has 1 aliphatic carbocycles. The Hall–Kier alpha value is -2.93. The van der Waals surface area contributed by atoms with Crippen molar-refractivity contribution in [2.75, 3.05) is 13.1 Å². The highest BCUT2D eigenvalue weighted by Crippen LogP contribution is 2.33. The number of rotatable bonds is 5. The van der Waals surface area contributed by atoms with Gasteiger partial charge >= 0.3 is 0 Å². The number of carbonyl (C=O) groups excluding carboxylic acids is 3. The maximum atomic E-state index is 12.4. The molecule has 0 radical (unpaired) electrons. The highest BCUT2D eigenvalue weighted by atomic mass is 35.5. The van der Waals surface area contributed by atoms with E-state index in [0.717, 1.165) is 0 Å². The molecule has 0 unspecified atom stereocenters. The third kappa shape index (κ3) is 4.74. The van der Waals surface area contributed by atoms with E-state index in [1.54, 1.807) is 24.3 Å². The molecular formula is C21H22ClN3O4. The van der Waals surface area contributed by atoms with Crippen LogP contribution in [0.5, 0.6) is 0 Å². The average molecular weight is 416 g/mol. The minimum atomic E-state index is -0.598. The van der Waals surface area contributed by atoms with E-state index in [1.165, 1.54) is 6.07 Å². The smallest absolute Gasteiger partial charge is 0.261 e. The number of fused-ring (bicyclic) bond motifs is 1. The molecule has 0 saturated carbocycles. The van der Waals surface area contributed by atoms with E-state index < -0.39 is 11.5 Å². The summed E-state index contributed by atoms with van der Waals surface area (Å²) in [7, 11) is 0. The van der Waals surface area contributed by atoms with Crippen LogP contribution < -0.4 is 16.2 Å². The lowest BCUT2D eigenvalue weighted by molar-refractivity contribution is 0.0907. The van der Waals surface area contributed by atoms with Crippen LogP contribution in [0.3, 0.4) is 0 Å². The molecule has 0 fully saturated rings. The van der Waals surface area contributed by atoms with Gasteiger partial charge in [0.05, 0.1) is 10.6 Å². The van der Waals surface area contributed by atoms with Gasteiger partial charge in [-0.05, 0) is 30.0 Å². The van der Waals surface area contributed by atoms with Gasteiger partial charge in [0.15, 0.2) is 5.78 Å². The van der Waals surface area contributed by atoms with Crippen molar-refractivity contribution >= 4 is 29.2 Å². The van der Waals surface area contributed by atoms with Gasteiger partial charge in [-0.1, -0.05) is 37.6 Å². The van der Waals surface area contributed by atoms with Crippen molar-refractivity contribution in [1.29, 1.82) is 0 Å². The molecule has 1 heterocycles. The molecule has 1 aliphatic rings. The van der Waals surface area contributed by atoms with Crippen molar-refractivity contribution < 1.29 is 14.4 Å². The van der Waals surface area contributed by atoms with Gasteiger partial charge in [0.2, 0.25) is 0 Å². The fourth-order valence-corrected chi connectivity index (χ4v) is 3.61. The monoisotopic (exact) mass is 415 g/mol. The normalized spacial score (nSPS) is 14.8. The van der Waals surface area contributed by atoms with Gasteiger partial charge in [0.1, 0.15) is 5.56 Å². The highest BCUT2D eigenvalue weighted by Gasteiger charge is 2.32. The number of aromatic amines is 1. The summed E-state index contributed by atoms with van der Waals surface area (Å²) in [5.74, 6) is -1.04. The quantitative estimate of drug-likeness (QED) is 0.651. The minimum absolute atomic E-state index is 0.0893. The van der Waals surface area contributed by atoms with Crippen molar-refractivity contribution in [3.8, 4) is 0 Å². The lowest BCUT2D eigenvalue weighted by atomic mass is 9.75. The maximum Gasteiger partial charge on any atom is 0.261 e. The fraction of sp³-hybridized carbons (Fsp3) is 0.333. The average Bonchev–Trinajstić information content (AvgIpc) is 2.63. The molecule has 0 bridgehead atoms. The summed E-state index contributed by atoms with van der Waals surface area (Å²) in [6.45, 7) is 4.20. The van der Waals surface area contributed by atoms with E-state index in [2.05, 4.69) is 15.6 Å². The molecule has 7 nitrogen and oxygen atoms in total. The van der Waals surface area contributed by atoms with Crippen molar-refractivity contribution in [3.63, 3.8) is 0 Å². The van der Waals surface area contributed by atoms with Crippen LogP contribution in [0, 0.1) is 5.41 Å². The third-order valence-corrected chi connectivity index (χ3v) is 5.11. The number of H-pyrrole nitrogens is 1. The topological polar surface area (TPSA) is 108 Å². The van der Waals surface area contributed by atoms with Gasteiger partial charge < -0.3 is 15.6 Å². The Balaban J connectivity index is 1.61. The van der Waals surface area contributed by atoms with E-state index in [-0.39, 0.29) is 35.8 Å². The Morgan fingerprint density at radius 2 is 1.66 bits per heavy atom. The molecule has 0 atom stereocenters. The van der Waals surface area contributed by atoms with Crippen LogP contribution in [-0.4, -0.2) is 35.7 Å². The number of Topliss-reactive ketones (excluding diaryl/α,β-unsaturated/α-hetero) is 1. The molecule has 1 aromatic carbocycles. The standard InChI is InChI=1S/C21H22ClN3O4/c1-21(2)10-16-13(17(26)11-21)9-14(20(29)25-16)19(28)24-8-7-23-18(27)12-5-3-4-6-15(12)22/h3-6,9H,7-8,10-11H2,1-2H3,(H,23,27)(H,24,28)(H,25,29). The third-order valence-electron chi connectivity index (χ3n) is 4.78. The molecule has 29 heavy (non-hydrogen) atoms. The van der Waals surface area contributed by atoms with Crippen LogP contribution in [0.1, 0.15) is 57.0 Å². The van der Waals surface area contributed by atoms with Crippen LogP contribution in [0.15, 0.2) is 35.1 Å². The first-order chi connectivity index (χ1) is 13.7. The Labute approximate surface area is 172 Å². The van der Waals surface area contributed by atoms with E-state index in [4.69, 9.17) is 11.6 Å². The highest BCUT2D eigenvalue weighted by molar-refractivity contribution is 6.33. The van der Waals surface area contributed by atoms with Gasteiger partial charge in [-0.2, -0.15) is 0 Å². The van der Waals surface area contributed by atoms with Crippen LogP contribution in [0.25, 0.3) is 0 Å². The van der Waals surface area contributed by atoms with Gasteiger partial charge in [0.25, 0.3) is 17.4 Å². The lowest BCUT2D eigenvalue weighted by Crippen LogP contribution is -2.38. The predicted octanol–water partition coefficient (Wildman–Crippen LogP) is 2.34. The van der Waals surface area contributed by atoms with E-state index in [9.17, 15) is 19.2 Å². The molecule has 2 aromatic rings. The Bertz CT molecular complexity index is 1040. The maximum absolute atomic E-state index is 12.4. The van der Waals surface area contributed by atoms with Crippen LogP contribution in [0.2, 0.25) is 5.02 Å². The zero-order valence-corrected chi connectivity index (χ0v) is 17.0. The van der Waals surface area contributed by atoms with E-state index >= 15 is 0 Å². The summed E-state index contributed by atoms with van der Waals surface area (Å²) in [6.07, 6.45) is 0.931. The first kappa shape index (κ1) is 20.8. The number of nitrogens with one attached hydrogen (secondary N) is 3. The van der Waals surface area contributed by atoms with Gasteiger partial charge in [-0.25, -0.2) is 0 Å². The van der Waals surface area contributed by atoms with E-state index in [1.807, 2.05) is 13.8 Å². The van der Waals surface area contributed by atoms with E-state index in [0.29, 0.717) is 34.7 Å². The molecule has 3 N–H and O–H groups in total. The van der Waals surface area contributed by atoms with Crippen molar-refractivity contribution in [1.82, 2.24) is 15.6 Å². The number of halogens is 1. The number of ketones is 1. The second-order valence-electron chi connectivity index (χ2n) is 7.84. The number of pyridine rings is 1. The summed E-state index contributed by atoms with van der Waals surface area (Å²) in [5, 5.41) is 5.57. The Morgan fingerprint density at radius 3 is 2.31 bits per heavy atom. The minimum Gasteiger partial charge on any atom is -0.350 e. The number of aromatic nitrogens is 1.